The van der Waals surface area contributed by atoms with Gasteiger partial charge in [-0.3, -0.25) is 0 Å². The van der Waals surface area contributed by atoms with Gasteiger partial charge in [0.05, 0.1) is 0 Å². The minimum absolute atomic E-state index is 0.00174. The van der Waals surface area contributed by atoms with Gasteiger partial charge in [0.2, 0.25) is 0 Å². The highest BCUT2D eigenvalue weighted by Crippen LogP contribution is 2.08. The summed E-state index contributed by atoms with van der Waals surface area (Å²) in [5.41, 5.74) is 0.0712. The molecule has 0 N–H and O–H groups in total. The molecule has 0 radical (unpaired) electrons. The maximum atomic E-state index is 6.50. The van der Waals surface area contributed by atoms with Crippen LogP contribution in [-0.4, -0.2) is 0 Å². The van der Waals surface area contributed by atoms with Crippen molar-refractivity contribution in [1.82, 2.24) is 0 Å². The molecule has 0 amide bonds. The van der Waals surface area contributed by atoms with Crippen LogP contribution in [0.2, 0.25) is 0 Å². The zero-order valence-corrected chi connectivity index (χ0v) is 9.08. The van der Waals surface area contributed by atoms with Crippen LogP contribution in [0.25, 0.3) is 0 Å². The first kappa shape index (κ1) is 11.1. The van der Waals surface area contributed by atoms with E-state index in [0.717, 1.165) is 0 Å². The van der Waals surface area contributed by atoms with Crippen molar-refractivity contribution < 1.29 is 1.37 Å². The van der Waals surface area contributed by atoms with E-state index in [1.807, 2.05) is 41.5 Å². The quantitative estimate of drug-likeness (QED) is 0.483. The Hall–Kier alpha value is -0.880. The van der Waals surface area contributed by atoms with Gasteiger partial charge in [0, 0.05) is 10.8 Å². The summed E-state index contributed by atoms with van der Waals surface area (Å²) in [4.78, 5) is 0. The lowest BCUT2D eigenvalue weighted by atomic mass is 9.99. The van der Waals surface area contributed by atoms with Crippen molar-refractivity contribution >= 4 is 0 Å². The second-order valence-electron chi connectivity index (χ2n) is 4.77. The van der Waals surface area contributed by atoms with Gasteiger partial charge in [-0.05, 0) is 41.5 Å². The van der Waals surface area contributed by atoms with Crippen molar-refractivity contribution in [3.05, 3.63) is 0 Å². The molecule has 0 aromatic rings. The standard InChI is InChI=1S/2C6H10/c2*1-5-6(2,3)4/h2*1H,2-4H3/i1D;. The Labute approximate surface area is 79.2 Å². The van der Waals surface area contributed by atoms with Gasteiger partial charge in [-0.25, -0.2) is 0 Å². The molecule has 0 unspecified atom stereocenters. The monoisotopic (exact) mass is 165 g/mol. The van der Waals surface area contributed by atoms with Gasteiger partial charge in [0.25, 0.3) is 0 Å². The third kappa shape index (κ3) is 22.9. The van der Waals surface area contributed by atoms with E-state index in [9.17, 15) is 0 Å². The van der Waals surface area contributed by atoms with Crippen LogP contribution in [0, 0.1) is 35.5 Å². The first-order valence-electron chi connectivity index (χ1n) is 4.54. The van der Waals surface area contributed by atoms with Crippen LogP contribution in [0.5, 0.6) is 0 Å². The average molecular weight is 165 g/mol. The lowest BCUT2D eigenvalue weighted by Crippen LogP contribution is -1.97. The van der Waals surface area contributed by atoms with Crippen molar-refractivity contribution in [2.75, 3.05) is 0 Å². The summed E-state index contributed by atoms with van der Waals surface area (Å²) in [5, 5.41) is 0. The van der Waals surface area contributed by atoms with Gasteiger partial charge in [-0.15, -0.1) is 24.7 Å². The van der Waals surface area contributed by atoms with Crippen LogP contribution < -0.4 is 0 Å². The van der Waals surface area contributed by atoms with Crippen LogP contribution in [-0.2, 0) is 0 Å². The fraction of sp³-hybridized carbons (Fsp3) is 0.667. The molecule has 0 spiro atoms. The van der Waals surface area contributed by atoms with Crippen molar-refractivity contribution in [3.8, 4) is 24.7 Å². The minimum Gasteiger partial charge on any atom is -0.120 e. The molecule has 0 heterocycles. The van der Waals surface area contributed by atoms with E-state index in [4.69, 9.17) is 7.79 Å². The SMILES string of the molecule is C#CC(C)(C)C.[2H]C#CC(C)(C)C. The van der Waals surface area contributed by atoms with E-state index in [1.54, 1.807) is 0 Å². The van der Waals surface area contributed by atoms with Crippen LogP contribution in [0.4, 0.5) is 0 Å². The highest BCUT2D eigenvalue weighted by molar-refractivity contribution is 4.97. The molecule has 0 aliphatic carbocycles. The molecule has 0 rings (SSSR count). The number of terminal acetylenes is 2. The maximum Gasteiger partial charge on any atom is 0.124 e. The van der Waals surface area contributed by atoms with Crippen molar-refractivity contribution in [2.24, 2.45) is 10.8 Å². The zero-order chi connectivity index (χ0) is 11.1. The lowest BCUT2D eigenvalue weighted by Gasteiger charge is -2.04. The normalized spacial score (nSPS) is 10.9. The fourth-order valence-electron chi connectivity index (χ4n) is 0. The fourth-order valence-corrected chi connectivity index (χ4v) is 0. The predicted octanol–water partition coefficient (Wildman–Crippen LogP) is 3.33. The van der Waals surface area contributed by atoms with Gasteiger partial charge < -0.3 is 0 Å². The molecule has 12 heavy (non-hydrogen) atoms. The van der Waals surface area contributed by atoms with E-state index in [2.05, 4.69) is 18.2 Å². The molecular formula is C12H20. The molecule has 0 saturated carbocycles. The molecule has 0 aliphatic rings. The molecule has 0 aromatic heterocycles. The first-order chi connectivity index (χ1) is 5.62. The zero-order valence-electron chi connectivity index (χ0n) is 10.1. The second kappa shape index (κ2) is 4.89. The summed E-state index contributed by atoms with van der Waals surface area (Å²) in [6.45, 7) is 12.0. The summed E-state index contributed by atoms with van der Waals surface area (Å²) in [6, 6.07) is 0. The van der Waals surface area contributed by atoms with E-state index < -0.39 is 0 Å². The molecule has 0 aliphatic heterocycles. The summed E-state index contributed by atoms with van der Waals surface area (Å²) >= 11 is 0. The molecule has 0 fully saturated rings. The van der Waals surface area contributed by atoms with Crippen LogP contribution in [0.3, 0.4) is 0 Å². The maximum absolute atomic E-state index is 6.50. The van der Waals surface area contributed by atoms with E-state index >= 15 is 0 Å². The van der Waals surface area contributed by atoms with Gasteiger partial charge in [0.15, 0.2) is 0 Å². The highest BCUT2D eigenvalue weighted by Gasteiger charge is 2.01. The molecule has 0 atom stereocenters. The van der Waals surface area contributed by atoms with Crippen LogP contribution in [0.15, 0.2) is 0 Å². The van der Waals surface area contributed by atoms with E-state index in [-0.39, 0.29) is 10.8 Å². The Bertz CT molecular complexity index is 219. The Morgan fingerprint density at radius 2 is 1.25 bits per heavy atom. The number of hydrogen-bond donors (Lipinski definition) is 0. The third-order valence-corrected chi connectivity index (χ3v) is 0.808. The van der Waals surface area contributed by atoms with Gasteiger partial charge in [0.1, 0.15) is 1.37 Å². The smallest absolute Gasteiger partial charge is 0.120 e. The van der Waals surface area contributed by atoms with E-state index in [1.165, 1.54) is 0 Å². The highest BCUT2D eigenvalue weighted by atomic mass is 14.0. The Morgan fingerprint density at radius 1 is 0.917 bits per heavy atom. The minimum atomic E-state index is 0.00174. The Kier molecular flexibility index (Phi) is 4.53. The van der Waals surface area contributed by atoms with Crippen molar-refractivity contribution in [1.29, 1.82) is 0 Å². The topological polar surface area (TPSA) is 0 Å². The van der Waals surface area contributed by atoms with Crippen LogP contribution in [0.1, 0.15) is 42.9 Å². The largest absolute Gasteiger partial charge is 0.124 e. The average Bonchev–Trinajstić information content (AvgIpc) is 1.84. The van der Waals surface area contributed by atoms with Gasteiger partial charge in [-0.1, -0.05) is 0 Å². The first-order valence-corrected chi connectivity index (χ1v) is 4.04. The number of rotatable bonds is 0. The van der Waals surface area contributed by atoms with Crippen LogP contribution >= 0.6 is 0 Å². The Balaban J connectivity index is 0. The predicted molar refractivity (Wildman–Crippen MR) is 56.6 cm³/mol. The molecule has 0 bridgehead atoms. The summed E-state index contributed by atoms with van der Waals surface area (Å²) in [7, 11) is 0. The summed E-state index contributed by atoms with van der Waals surface area (Å²) < 4.78 is 6.50. The lowest BCUT2D eigenvalue weighted by molar-refractivity contribution is 0.571. The molecule has 68 valence electrons. The molecule has 0 saturated heterocycles. The molecule has 0 aromatic carbocycles. The van der Waals surface area contributed by atoms with Gasteiger partial charge in [-0.2, -0.15) is 0 Å². The Morgan fingerprint density at radius 3 is 1.25 bits per heavy atom. The third-order valence-electron chi connectivity index (χ3n) is 0.808. The molecule has 0 nitrogen and oxygen atoms in total. The second-order valence-corrected chi connectivity index (χ2v) is 4.77. The molecular weight excluding hydrogens is 144 g/mol. The summed E-state index contributed by atoms with van der Waals surface area (Å²) in [5.74, 6) is 5.31. The van der Waals surface area contributed by atoms with Crippen molar-refractivity contribution in [3.63, 3.8) is 0 Å². The molecule has 0 heteroatoms. The number of hydrogen-bond acceptors (Lipinski definition) is 0. The van der Waals surface area contributed by atoms with E-state index in [0.29, 0.717) is 0 Å². The summed E-state index contributed by atoms with van der Waals surface area (Å²) in [6.07, 6.45) is 7.16. The van der Waals surface area contributed by atoms with Crippen molar-refractivity contribution in [2.45, 2.75) is 41.5 Å². The van der Waals surface area contributed by atoms with Gasteiger partial charge >= 0.3 is 0 Å².